The highest BCUT2D eigenvalue weighted by atomic mass is 16.4. The van der Waals surface area contributed by atoms with Gasteiger partial charge in [0.05, 0.1) is 0 Å². The molecule has 1 aromatic carbocycles. The van der Waals surface area contributed by atoms with E-state index in [0.29, 0.717) is 6.01 Å². The Balaban J connectivity index is 1.57. The molecular formula is C13H17N3O. The minimum Gasteiger partial charge on any atom is -0.424 e. The van der Waals surface area contributed by atoms with Crippen molar-refractivity contribution in [2.24, 2.45) is 5.92 Å². The van der Waals surface area contributed by atoms with E-state index in [1.165, 1.54) is 12.8 Å². The van der Waals surface area contributed by atoms with Crippen molar-refractivity contribution < 1.29 is 4.42 Å². The zero-order valence-corrected chi connectivity index (χ0v) is 9.78. The lowest BCUT2D eigenvalue weighted by Gasteiger charge is -2.07. The summed E-state index contributed by atoms with van der Waals surface area (Å²) < 4.78 is 5.59. The number of oxazole rings is 1. The average Bonchev–Trinajstić information content (AvgIpc) is 2.96. The molecule has 1 atom stereocenters. The molecule has 1 aliphatic heterocycles. The maximum atomic E-state index is 5.59. The first-order valence-electron chi connectivity index (χ1n) is 6.22. The van der Waals surface area contributed by atoms with Gasteiger partial charge in [-0.15, -0.1) is 0 Å². The van der Waals surface area contributed by atoms with Gasteiger partial charge in [0.2, 0.25) is 0 Å². The van der Waals surface area contributed by atoms with Gasteiger partial charge >= 0.3 is 0 Å². The van der Waals surface area contributed by atoms with Crippen LogP contribution in [0.2, 0.25) is 0 Å². The molecule has 0 radical (unpaired) electrons. The Morgan fingerprint density at radius 2 is 2.35 bits per heavy atom. The Morgan fingerprint density at radius 1 is 1.41 bits per heavy atom. The number of anilines is 1. The number of para-hydroxylation sites is 2. The molecule has 0 spiro atoms. The van der Waals surface area contributed by atoms with Gasteiger partial charge in [0, 0.05) is 6.54 Å². The molecule has 2 aromatic rings. The largest absolute Gasteiger partial charge is 0.424 e. The first kappa shape index (κ1) is 10.6. The minimum atomic E-state index is 0.636. The average molecular weight is 231 g/mol. The van der Waals surface area contributed by atoms with Crippen molar-refractivity contribution in [3.63, 3.8) is 0 Å². The van der Waals surface area contributed by atoms with Crippen LogP contribution in [0.15, 0.2) is 28.7 Å². The lowest BCUT2D eigenvalue weighted by atomic mass is 10.1. The first-order chi connectivity index (χ1) is 8.42. The summed E-state index contributed by atoms with van der Waals surface area (Å²) in [6.07, 6.45) is 2.46. The molecule has 1 aliphatic rings. The maximum absolute atomic E-state index is 5.59. The summed E-state index contributed by atoms with van der Waals surface area (Å²) in [4.78, 5) is 4.38. The lowest BCUT2D eigenvalue weighted by molar-refractivity contribution is 0.539. The zero-order chi connectivity index (χ0) is 11.5. The molecule has 3 rings (SSSR count). The van der Waals surface area contributed by atoms with Gasteiger partial charge < -0.3 is 15.1 Å². The number of rotatable bonds is 4. The SMILES string of the molecule is c1ccc2oc(NCCC3CCNC3)nc2c1. The molecule has 90 valence electrons. The Hall–Kier alpha value is -1.55. The number of hydrogen-bond donors (Lipinski definition) is 2. The lowest BCUT2D eigenvalue weighted by Crippen LogP contribution is -2.12. The molecule has 2 N–H and O–H groups in total. The molecule has 2 heterocycles. The van der Waals surface area contributed by atoms with E-state index >= 15 is 0 Å². The number of nitrogens with one attached hydrogen (secondary N) is 2. The van der Waals surface area contributed by atoms with Crippen LogP contribution in [-0.4, -0.2) is 24.6 Å². The van der Waals surface area contributed by atoms with Gasteiger partial charge in [-0.3, -0.25) is 0 Å². The van der Waals surface area contributed by atoms with Gasteiger partial charge in [-0.25, -0.2) is 0 Å². The molecule has 0 amide bonds. The van der Waals surface area contributed by atoms with E-state index in [4.69, 9.17) is 4.42 Å². The maximum Gasteiger partial charge on any atom is 0.295 e. The number of nitrogens with zero attached hydrogens (tertiary/aromatic N) is 1. The van der Waals surface area contributed by atoms with Crippen molar-refractivity contribution in [3.8, 4) is 0 Å². The van der Waals surface area contributed by atoms with Crippen molar-refractivity contribution in [3.05, 3.63) is 24.3 Å². The first-order valence-corrected chi connectivity index (χ1v) is 6.22. The summed E-state index contributed by atoms with van der Waals surface area (Å²) in [6.45, 7) is 3.24. The quantitative estimate of drug-likeness (QED) is 0.847. The fourth-order valence-corrected chi connectivity index (χ4v) is 2.29. The van der Waals surface area contributed by atoms with Gasteiger partial charge in [0.15, 0.2) is 5.58 Å². The van der Waals surface area contributed by atoms with E-state index in [-0.39, 0.29) is 0 Å². The monoisotopic (exact) mass is 231 g/mol. The predicted octanol–water partition coefficient (Wildman–Crippen LogP) is 2.24. The van der Waals surface area contributed by atoms with Crippen LogP contribution in [0.4, 0.5) is 6.01 Å². The molecule has 1 fully saturated rings. The van der Waals surface area contributed by atoms with Gasteiger partial charge in [-0.05, 0) is 44.0 Å². The summed E-state index contributed by atoms with van der Waals surface area (Å²) >= 11 is 0. The second-order valence-corrected chi connectivity index (χ2v) is 4.56. The van der Waals surface area contributed by atoms with Crippen molar-refractivity contribution >= 4 is 17.1 Å². The normalized spacial score (nSPS) is 19.9. The van der Waals surface area contributed by atoms with E-state index in [1.54, 1.807) is 0 Å². The van der Waals surface area contributed by atoms with Crippen LogP contribution in [0.3, 0.4) is 0 Å². The fraction of sp³-hybridized carbons (Fsp3) is 0.462. The topological polar surface area (TPSA) is 50.1 Å². The second-order valence-electron chi connectivity index (χ2n) is 4.56. The third kappa shape index (κ3) is 2.42. The zero-order valence-electron chi connectivity index (χ0n) is 9.78. The Morgan fingerprint density at radius 3 is 3.18 bits per heavy atom. The van der Waals surface area contributed by atoms with Crippen LogP contribution in [0, 0.1) is 5.92 Å². The van der Waals surface area contributed by atoms with Crippen LogP contribution < -0.4 is 10.6 Å². The minimum absolute atomic E-state index is 0.636. The van der Waals surface area contributed by atoms with E-state index in [2.05, 4.69) is 15.6 Å². The Kier molecular flexibility index (Phi) is 2.96. The van der Waals surface area contributed by atoms with Gasteiger partial charge in [-0.2, -0.15) is 4.98 Å². The number of hydrogen-bond acceptors (Lipinski definition) is 4. The standard InChI is InChI=1S/C13H17N3O/c1-2-4-12-11(3-1)16-13(17-12)15-8-6-10-5-7-14-9-10/h1-4,10,14H,5-9H2,(H,15,16). The van der Waals surface area contributed by atoms with Gasteiger partial charge in [-0.1, -0.05) is 12.1 Å². The van der Waals surface area contributed by atoms with Crippen LogP contribution in [-0.2, 0) is 0 Å². The summed E-state index contributed by atoms with van der Waals surface area (Å²) in [7, 11) is 0. The van der Waals surface area contributed by atoms with Crippen LogP contribution in [0.1, 0.15) is 12.8 Å². The van der Waals surface area contributed by atoms with Gasteiger partial charge in [0.1, 0.15) is 5.52 Å². The van der Waals surface area contributed by atoms with E-state index < -0.39 is 0 Å². The Labute approximate surface area is 100 Å². The third-order valence-electron chi connectivity index (χ3n) is 3.29. The highest BCUT2D eigenvalue weighted by molar-refractivity contribution is 5.74. The second kappa shape index (κ2) is 4.75. The van der Waals surface area contributed by atoms with E-state index in [9.17, 15) is 0 Å². The molecule has 4 nitrogen and oxygen atoms in total. The van der Waals surface area contributed by atoms with Crippen molar-refractivity contribution in [1.29, 1.82) is 0 Å². The summed E-state index contributed by atoms with van der Waals surface area (Å²) in [6, 6.07) is 8.47. The van der Waals surface area contributed by atoms with E-state index in [0.717, 1.165) is 36.7 Å². The van der Waals surface area contributed by atoms with Crippen LogP contribution >= 0.6 is 0 Å². The molecule has 4 heteroatoms. The highest BCUT2D eigenvalue weighted by Gasteiger charge is 2.14. The summed E-state index contributed by atoms with van der Waals surface area (Å²) in [5.41, 5.74) is 1.76. The fourth-order valence-electron chi connectivity index (χ4n) is 2.29. The van der Waals surface area contributed by atoms with Crippen LogP contribution in [0.25, 0.3) is 11.1 Å². The van der Waals surface area contributed by atoms with Crippen molar-refractivity contribution in [2.75, 3.05) is 25.0 Å². The molecule has 17 heavy (non-hydrogen) atoms. The van der Waals surface area contributed by atoms with Crippen molar-refractivity contribution in [1.82, 2.24) is 10.3 Å². The number of fused-ring (bicyclic) bond motifs is 1. The molecule has 1 unspecified atom stereocenters. The van der Waals surface area contributed by atoms with E-state index in [1.807, 2.05) is 24.3 Å². The Bertz CT molecular complexity index is 455. The summed E-state index contributed by atoms with van der Waals surface area (Å²) in [5.74, 6) is 0.798. The van der Waals surface area contributed by atoms with Gasteiger partial charge in [0.25, 0.3) is 6.01 Å². The highest BCUT2D eigenvalue weighted by Crippen LogP contribution is 2.18. The number of benzene rings is 1. The smallest absolute Gasteiger partial charge is 0.295 e. The molecule has 1 saturated heterocycles. The van der Waals surface area contributed by atoms with Crippen LogP contribution in [0.5, 0.6) is 0 Å². The van der Waals surface area contributed by atoms with Crippen molar-refractivity contribution in [2.45, 2.75) is 12.8 Å². The molecule has 1 aromatic heterocycles. The molecule has 0 bridgehead atoms. The predicted molar refractivity (Wildman–Crippen MR) is 68.1 cm³/mol. The third-order valence-corrected chi connectivity index (χ3v) is 3.29. The molecular weight excluding hydrogens is 214 g/mol. The molecule has 0 saturated carbocycles. The summed E-state index contributed by atoms with van der Waals surface area (Å²) in [5, 5.41) is 6.63. The molecule has 0 aliphatic carbocycles. The number of aromatic nitrogens is 1.